The molecular formula is C20H33FN4O. The second-order valence-corrected chi connectivity index (χ2v) is 8.02. The van der Waals surface area contributed by atoms with Crippen LogP contribution in [0.4, 0.5) is 14.9 Å². The summed E-state index contributed by atoms with van der Waals surface area (Å²) < 4.78 is 13.0. The molecule has 0 bridgehead atoms. The topological polar surface area (TPSA) is 47.6 Å². The quantitative estimate of drug-likeness (QED) is 0.746. The molecule has 0 saturated carbocycles. The van der Waals surface area contributed by atoms with Gasteiger partial charge in [-0.2, -0.15) is 0 Å². The van der Waals surface area contributed by atoms with Gasteiger partial charge in [0.05, 0.1) is 0 Å². The van der Waals surface area contributed by atoms with E-state index in [0.717, 1.165) is 38.2 Å². The highest BCUT2D eigenvalue weighted by atomic mass is 19.1. The van der Waals surface area contributed by atoms with Crippen molar-refractivity contribution in [1.82, 2.24) is 15.5 Å². The van der Waals surface area contributed by atoms with Gasteiger partial charge in [0.2, 0.25) is 0 Å². The van der Waals surface area contributed by atoms with Crippen LogP contribution in [0.2, 0.25) is 0 Å². The lowest BCUT2D eigenvalue weighted by atomic mass is 10.0. The molecule has 1 fully saturated rings. The fraction of sp³-hybridized carbons (Fsp3) is 0.650. The largest absolute Gasteiger partial charge is 0.371 e. The predicted molar refractivity (Wildman–Crippen MR) is 105 cm³/mol. The van der Waals surface area contributed by atoms with E-state index in [4.69, 9.17) is 0 Å². The zero-order chi connectivity index (χ0) is 19.1. The van der Waals surface area contributed by atoms with Crippen molar-refractivity contribution in [3.05, 3.63) is 30.1 Å². The molecular weight excluding hydrogens is 331 g/mol. The van der Waals surface area contributed by atoms with Gasteiger partial charge < -0.3 is 20.4 Å². The van der Waals surface area contributed by atoms with Gasteiger partial charge in [-0.25, -0.2) is 9.18 Å². The van der Waals surface area contributed by atoms with Gasteiger partial charge in [0.1, 0.15) is 5.82 Å². The van der Waals surface area contributed by atoms with Crippen LogP contribution in [-0.2, 0) is 0 Å². The molecule has 146 valence electrons. The normalized spacial score (nSPS) is 18.4. The number of nitrogens with zero attached hydrogens (tertiary/aromatic N) is 2. The van der Waals surface area contributed by atoms with Gasteiger partial charge in [-0.05, 0) is 63.0 Å². The molecule has 0 aromatic heterocycles. The molecule has 2 amide bonds. The van der Waals surface area contributed by atoms with E-state index in [2.05, 4.69) is 34.3 Å². The van der Waals surface area contributed by atoms with Crippen LogP contribution in [0.1, 0.15) is 26.7 Å². The molecule has 1 aromatic carbocycles. The number of hydrogen-bond donors (Lipinski definition) is 2. The number of rotatable bonds is 8. The Morgan fingerprint density at radius 3 is 2.62 bits per heavy atom. The molecule has 2 N–H and O–H groups in total. The van der Waals surface area contributed by atoms with Crippen LogP contribution in [0.15, 0.2) is 24.3 Å². The molecule has 1 aliphatic heterocycles. The Morgan fingerprint density at radius 2 is 2.00 bits per heavy atom. The Kier molecular flexibility index (Phi) is 7.69. The Balaban J connectivity index is 1.75. The average Bonchev–Trinajstić information content (AvgIpc) is 3.01. The van der Waals surface area contributed by atoms with E-state index >= 15 is 0 Å². The number of urea groups is 1. The molecule has 0 aliphatic carbocycles. The molecule has 26 heavy (non-hydrogen) atoms. The maximum atomic E-state index is 13.0. The predicted octanol–water partition coefficient (Wildman–Crippen LogP) is 2.93. The summed E-state index contributed by atoms with van der Waals surface area (Å²) in [5.74, 6) is 0.749. The number of hydrogen-bond acceptors (Lipinski definition) is 3. The first-order valence-electron chi connectivity index (χ1n) is 9.53. The lowest BCUT2D eigenvalue weighted by molar-refractivity contribution is 0.227. The molecule has 1 aromatic rings. The van der Waals surface area contributed by atoms with Crippen molar-refractivity contribution < 1.29 is 9.18 Å². The molecule has 0 radical (unpaired) electrons. The smallest absolute Gasteiger partial charge is 0.315 e. The molecule has 0 spiro atoms. The number of carbonyl (C=O) groups is 1. The molecule has 1 aliphatic rings. The molecule has 2 atom stereocenters. The molecule has 6 heteroatoms. The number of amides is 2. The Hall–Kier alpha value is -1.82. The van der Waals surface area contributed by atoms with Crippen LogP contribution < -0.4 is 15.5 Å². The SMILES string of the molecule is CC(C)CC(CN(C)C)NC(=O)NCC1CCN(c2ccc(F)cc2)C1. The van der Waals surface area contributed by atoms with E-state index < -0.39 is 0 Å². The lowest BCUT2D eigenvalue weighted by Crippen LogP contribution is -2.48. The van der Waals surface area contributed by atoms with Gasteiger partial charge in [-0.15, -0.1) is 0 Å². The fourth-order valence-electron chi connectivity index (χ4n) is 3.55. The number of anilines is 1. The van der Waals surface area contributed by atoms with Gasteiger partial charge in [0, 0.05) is 37.9 Å². The number of nitrogens with one attached hydrogen (secondary N) is 2. The summed E-state index contributed by atoms with van der Waals surface area (Å²) in [5, 5.41) is 6.13. The summed E-state index contributed by atoms with van der Waals surface area (Å²) in [4.78, 5) is 16.6. The van der Waals surface area contributed by atoms with Crippen molar-refractivity contribution >= 4 is 11.7 Å². The van der Waals surface area contributed by atoms with Crippen LogP contribution in [0.25, 0.3) is 0 Å². The Morgan fingerprint density at radius 1 is 1.31 bits per heavy atom. The van der Waals surface area contributed by atoms with Gasteiger partial charge in [0.15, 0.2) is 0 Å². The van der Waals surface area contributed by atoms with E-state index in [-0.39, 0.29) is 17.9 Å². The molecule has 2 rings (SSSR count). The maximum absolute atomic E-state index is 13.0. The molecule has 5 nitrogen and oxygen atoms in total. The van der Waals surface area contributed by atoms with Crippen molar-refractivity contribution in [3.8, 4) is 0 Å². The second kappa shape index (κ2) is 9.76. The summed E-state index contributed by atoms with van der Waals surface area (Å²) in [6.07, 6.45) is 2.00. The Bertz CT molecular complexity index is 551. The minimum atomic E-state index is -0.212. The number of benzene rings is 1. The zero-order valence-corrected chi connectivity index (χ0v) is 16.5. The van der Waals surface area contributed by atoms with Crippen LogP contribution >= 0.6 is 0 Å². The highest BCUT2D eigenvalue weighted by Gasteiger charge is 2.23. The maximum Gasteiger partial charge on any atom is 0.315 e. The highest BCUT2D eigenvalue weighted by Crippen LogP contribution is 2.23. The number of carbonyl (C=O) groups excluding carboxylic acids is 1. The van der Waals surface area contributed by atoms with Crippen molar-refractivity contribution in [2.24, 2.45) is 11.8 Å². The first-order valence-corrected chi connectivity index (χ1v) is 9.53. The number of halogens is 1. The van der Waals surface area contributed by atoms with Crippen molar-refractivity contribution in [2.45, 2.75) is 32.7 Å². The highest BCUT2D eigenvalue weighted by molar-refractivity contribution is 5.74. The first-order chi connectivity index (χ1) is 12.3. The van der Waals surface area contributed by atoms with Crippen LogP contribution in [0.5, 0.6) is 0 Å². The Labute approximate surface area is 156 Å². The van der Waals surface area contributed by atoms with Gasteiger partial charge in [-0.3, -0.25) is 0 Å². The van der Waals surface area contributed by atoms with Crippen molar-refractivity contribution in [3.63, 3.8) is 0 Å². The minimum absolute atomic E-state index is 0.0854. The lowest BCUT2D eigenvalue weighted by Gasteiger charge is -2.24. The van der Waals surface area contributed by atoms with Crippen LogP contribution in [-0.4, -0.2) is 57.2 Å². The van der Waals surface area contributed by atoms with Gasteiger partial charge >= 0.3 is 6.03 Å². The van der Waals surface area contributed by atoms with Crippen LogP contribution in [0.3, 0.4) is 0 Å². The summed E-state index contributed by atoms with van der Waals surface area (Å²) in [5.41, 5.74) is 1.04. The summed E-state index contributed by atoms with van der Waals surface area (Å²) >= 11 is 0. The zero-order valence-electron chi connectivity index (χ0n) is 16.5. The van der Waals surface area contributed by atoms with E-state index in [1.165, 1.54) is 12.1 Å². The minimum Gasteiger partial charge on any atom is -0.371 e. The van der Waals surface area contributed by atoms with E-state index in [1.807, 2.05) is 26.2 Å². The number of likely N-dealkylation sites (N-methyl/N-ethyl adjacent to an activating group) is 1. The monoisotopic (exact) mass is 364 g/mol. The molecule has 2 unspecified atom stereocenters. The third-order valence-corrected chi connectivity index (χ3v) is 4.71. The van der Waals surface area contributed by atoms with E-state index in [0.29, 0.717) is 18.4 Å². The first kappa shape index (κ1) is 20.5. The van der Waals surface area contributed by atoms with E-state index in [9.17, 15) is 9.18 Å². The van der Waals surface area contributed by atoms with Crippen molar-refractivity contribution in [2.75, 3.05) is 45.2 Å². The van der Waals surface area contributed by atoms with Gasteiger partial charge in [0.25, 0.3) is 0 Å². The molecule has 1 heterocycles. The standard InChI is InChI=1S/C20H33FN4O/c1-15(2)11-18(14-24(3)4)23-20(26)22-12-16-9-10-25(13-16)19-7-5-17(21)6-8-19/h5-8,15-16,18H,9-14H2,1-4H3,(H2,22,23,26). The summed E-state index contributed by atoms with van der Waals surface area (Å²) in [6.45, 7) is 7.68. The van der Waals surface area contributed by atoms with Gasteiger partial charge in [-0.1, -0.05) is 13.8 Å². The van der Waals surface area contributed by atoms with Crippen LogP contribution in [0, 0.1) is 17.7 Å². The average molecular weight is 365 g/mol. The summed E-state index contributed by atoms with van der Waals surface area (Å²) in [6, 6.07) is 6.69. The second-order valence-electron chi connectivity index (χ2n) is 8.02. The molecule has 1 saturated heterocycles. The summed E-state index contributed by atoms with van der Waals surface area (Å²) in [7, 11) is 4.05. The third kappa shape index (κ3) is 6.83. The van der Waals surface area contributed by atoms with Crippen molar-refractivity contribution in [1.29, 1.82) is 0 Å². The van der Waals surface area contributed by atoms with E-state index in [1.54, 1.807) is 0 Å². The fourth-order valence-corrected chi connectivity index (χ4v) is 3.55. The third-order valence-electron chi connectivity index (χ3n) is 4.71.